The third-order valence-electron chi connectivity index (χ3n) is 3.57. The Hall–Kier alpha value is -1.51. The van der Waals surface area contributed by atoms with E-state index in [0.29, 0.717) is 13.0 Å². The van der Waals surface area contributed by atoms with E-state index in [1.807, 2.05) is 0 Å². The van der Waals surface area contributed by atoms with Crippen LogP contribution in [0.1, 0.15) is 25.8 Å². The quantitative estimate of drug-likeness (QED) is 0.853. The number of aliphatic carboxylic acids is 1. The summed E-state index contributed by atoms with van der Waals surface area (Å²) < 4.78 is 0. The van der Waals surface area contributed by atoms with Crippen molar-refractivity contribution < 1.29 is 9.90 Å². The van der Waals surface area contributed by atoms with Crippen LogP contribution in [-0.4, -0.2) is 23.2 Å². The van der Waals surface area contributed by atoms with Crippen molar-refractivity contribution in [2.24, 2.45) is 5.92 Å². The van der Waals surface area contributed by atoms with Crippen molar-refractivity contribution in [3.05, 3.63) is 29.8 Å². The molecule has 3 nitrogen and oxygen atoms in total. The van der Waals surface area contributed by atoms with Gasteiger partial charge in [-0.05, 0) is 39.3 Å². The molecule has 0 saturated carbocycles. The van der Waals surface area contributed by atoms with Crippen molar-refractivity contribution in [2.45, 2.75) is 32.7 Å². The highest BCUT2D eigenvalue weighted by molar-refractivity contribution is 5.73. The zero-order valence-electron chi connectivity index (χ0n) is 10.6. The van der Waals surface area contributed by atoms with Gasteiger partial charge in [-0.3, -0.25) is 4.79 Å². The van der Waals surface area contributed by atoms with E-state index in [0.717, 1.165) is 5.69 Å². The molecule has 0 aromatic heterocycles. The van der Waals surface area contributed by atoms with Gasteiger partial charge >= 0.3 is 5.97 Å². The molecule has 0 amide bonds. The van der Waals surface area contributed by atoms with E-state index in [4.69, 9.17) is 5.11 Å². The summed E-state index contributed by atoms with van der Waals surface area (Å²) in [6, 6.07) is 8.28. The maximum Gasteiger partial charge on any atom is 0.308 e. The Bertz CT molecular complexity index is 422. The number of anilines is 1. The smallest absolute Gasteiger partial charge is 0.308 e. The highest BCUT2D eigenvalue weighted by Crippen LogP contribution is 2.36. The van der Waals surface area contributed by atoms with Crippen molar-refractivity contribution in [2.75, 3.05) is 11.4 Å². The fourth-order valence-corrected chi connectivity index (χ4v) is 2.59. The molecule has 0 radical (unpaired) electrons. The van der Waals surface area contributed by atoms with Crippen molar-refractivity contribution in [1.82, 2.24) is 0 Å². The molecule has 1 aliphatic heterocycles. The minimum absolute atomic E-state index is 0.0850. The van der Waals surface area contributed by atoms with E-state index in [2.05, 4.69) is 49.9 Å². The molecule has 1 N–H and O–H groups in total. The first-order valence-electron chi connectivity index (χ1n) is 5.97. The molecule has 1 fully saturated rings. The molecule has 1 atom stereocenters. The van der Waals surface area contributed by atoms with E-state index in [9.17, 15) is 4.79 Å². The number of carboxylic acids is 1. The third-order valence-corrected chi connectivity index (χ3v) is 3.57. The largest absolute Gasteiger partial charge is 0.481 e. The lowest BCUT2D eigenvalue weighted by atomic mass is 9.96. The van der Waals surface area contributed by atoms with Crippen LogP contribution in [0.25, 0.3) is 0 Å². The van der Waals surface area contributed by atoms with Gasteiger partial charge < -0.3 is 10.0 Å². The number of rotatable bonds is 2. The number of carbonyl (C=O) groups is 1. The van der Waals surface area contributed by atoms with Crippen LogP contribution in [0.4, 0.5) is 5.69 Å². The Morgan fingerprint density at radius 3 is 2.41 bits per heavy atom. The summed E-state index contributed by atoms with van der Waals surface area (Å²) in [5.74, 6) is -0.945. The number of aryl methyl sites for hydroxylation is 1. The summed E-state index contributed by atoms with van der Waals surface area (Å²) >= 11 is 0. The van der Waals surface area contributed by atoms with E-state index < -0.39 is 5.97 Å². The molecule has 0 aliphatic carbocycles. The zero-order valence-corrected chi connectivity index (χ0v) is 10.6. The minimum atomic E-state index is -0.687. The van der Waals surface area contributed by atoms with Gasteiger partial charge in [0.25, 0.3) is 0 Å². The summed E-state index contributed by atoms with van der Waals surface area (Å²) in [6.07, 6.45) is 0.705. The summed E-state index contributed by atoms with van der Waals surface area (Å²) in [5.41, 5.74) is 2.25. The highest BCUT2D eigenvalue weighted by atomic mass is 16.4. The minimum Gasteiger partial charge on any atom is -0.481 e. The molecule has 1 aliphatic rings. The Labute approximate surface area is 102 Å². The van der Waals surface area contributed by atoms with Crippen LogP contribution >= 0.6 is 0 Å². The summed E-state index contributed by atoms with van der Waals surface area (Å²) in [6.45, 7) is 6.87. The number of hydrogen-bond acceptors (Lipinski definition) is 2. The predicted octanol–water partition coefficient (Wildman–Crippen LogP) is 2.68. The Morgan fingerprint density at radius 1 is 1.35 bits per heavy atom. The molecule has 1 aromatic rings. The number of nitrogens with zero attached hydrogens (tertiary/aromatic N) is 1. The topological polar surface area (TPSA) is 40.5 Å². The van der Waals surface area contributed by atoms with E-state index in [1.54, 1.807) is 0 Å². The maximum absolute atomic E-state index is 11.1. The molecule has 1 aromatic carbocycles. The van der Waals surface area contributed by atoms with E-state index in [-0.39, 0.29) is 11.5 Å². The lowest BCUT2D eigenvalue weighted by molar-refractivity contribution is -0.141. The van der Waals surface area contributed by atoms with Gasteiger partial charge in [-0.1, -0.05) is 17.7 Å². The lowest BCUT2D eigenvalue weighted by Crippen LogP contribution is -2.38. The second-order valence-electron chi connectivity index (χ2n) is 5.50. The molecular formula is C14H19NO2. The van der Waals surface area contributed by atoms with Gasteiger partial charge in [0.15, 0.2) is 0 Å². The third kappa shape index (κ3) is 2.28. The number of benzene rings is 1. The Morgan fingerprint density at radius 2 is 1.94 bits per heavy atom. The monoisotopic (exact) mass is 233 g/mol. The average molecular weight is 233 g/mol. The molecule has 1 unspecified atom stereocenters. The van der Waals surface area contributed by atoms with Gasteiger partial charge in [0.05, 0.1) is 5.92 Å². The van der Waals surface area contributed by atoms with Gasteiger partial charge in [0.2, 0.25) is 0 Å². The first-order valence-corrected chi connectivity index (χ1v) is 5.97. The van der Waals surface area contributed by atoms with Crippen LogP contribution in [0.5, 0.6) is 0 Å². The first-order chi connectivity index (χ1) is 7.90. The second kappa shape index (κ2) is 4.06. The van der Waals surface area contributed by atoms with Gasteiger partial charge in [0.1, 0.15) is 0 Å². The van der Waals surface area contributed by atoms with Crippen LogP contribution in [0.2, 0.25) is 0 Å². The molecule has 2 rings (SSSR count). The first kappa shape index (κ1) is 12.0. The lowest BCUT2D eigenvalue weighted by Gasteiger charge is -2.33. The zero-order chi connectivity index (χ0) is 12.6. The average Bonchev–Trinajstić information content (AvgIpc) is 2.56. The standard InChI is InChI=1S/C14H19NO2/c1-10-4-6-12(7-5-10)15-9-11(13(16)17)8-14(15,2)3/h4-7,11H,8-9H2,1-3H3,(H,16,17). The highest BCUT2D eigenvalue weighted by Gasteiger charge is 2.41. The second-order valence-corrected chi connectivity index (χ2v) is 5.50. The fourth-order valence-electron chi connectivity index (χ4n) is 2.59. The van der Waals surface area contributed by atoms with Crippen LogP contribution in [0.15, 0.2) is 24.3 Å². The Balaban J connectivity index is 2.26. The van der Waals surface area contributed by atoms with Crippen molar-refractivity contribution >= 4 is 11.7 Å². The van der Waals surface area contributed by atoms with Gasteiger partial charge in [-0.2, -0.15) is 0 Å². The predicted molar refractivity (Wildman–Crippen MR) is 68.3 cm³/mol. The van der Waals surface area contributed by atoms with Gasteiger partial charge in [-0.25, -0.2) is 0 Å². The molecule has 0 bridgehead atoms. The van der Waals surface area contributed by atoms with Crippen molar-refractivity contribution in [3.63, 3.8) is 0 Å². The Kier molecular flexibility index (Phi) is 2.86. The van der Waals surface area contributed by atoms with Crippen molar-refractivity contribution in [1.29, 1.82) is 0 Å². The van der Waals surface area contributed by atoms with Gasteiger partial charge in [-0.15, -0.1) is 0 Å². The summed E-state index contributed by atoms with van der Waals surface area (Å²) in [4.78, 5) is 13.3. The molecular weight excluding hydrogens is 214 g/mol. The summed E-state index contributed by atoms with van der Waals surface area (Å²) in [7, 11) is 0. The molecule has 0 spiro atoms. The SMILES string of the molecule is Cc1ccc(N2CC(C(=O)O)CC2(C)C)cc1. The fraction of sp³-hybridized carbons (Fsp3) is 0.500. The van der Waals surface area contributed by atoms with Gasteiger partial charge in [0, 0.05) is 17.8 Å². The maximum atomic E-state index is 11.1. The molecule has 3 heteroatoms. The van der Waals surface area contributed by atoms with E-state index >= 15 is 0 Å². The molecule has 17 heavy (non-hydrogen) atoms. The van der Waals surface area contributed by atoms with E-state index in [1.165, 1.54) is 5.56 Å². The van der Waals surface area contributed by atoms with Crippen LogP contribution in [0.3, 0.4) is 0 Å². The van der Waals surface area contributed by atoms with Crippen LogP contribution in [0, 0.1) is 12.8 Å². The normalized spacial score (nSPS) is 22.8. The molecule has 92 valence electrons. The number of hydrogen-bond donors (Lipinski definition) is 1. The van der Waals surface area contributed by atoms with Crippen LogP contribution < -0.4 is 4.90 Å². The van der Waals surface area contributed by atoms with Crippen LogP contribution in [-0.2, 0) is 4.79 Å². The van der Waals surface area contributed by atoms with Crippen molar-refractivity contribution in [3.8, 4) is 0 Å². The summed E-state index contributed by atoms with van der Waals surface area (Å²) in [5, 5.41) is 9.13. The number of carboxylic acid groups (broad SMARTS) is 1. The molecule has 1 heterocycles. The molecule has 1 saturated heterocycles.